The van der Waals surface area contributed by atoms with Crippen molar-refractivity contribution < 1.29 is 9.53 Å². The van der Waals surface area contributed by atoms with Crippen LogP contribution in [0.15, 0.2) is 0 Å². The van der Waals surface area contributed by atoms with Gasteiger partial charge in [0.15, 0.2) is 0 Å². The maximum atomic E-state index is 11.8. The molecule has 0 saturated heterocycles. The number of hydrogen-bond donors (Lipinski definition) is 1. The van der Waals surface area contributed by atoms with Crippen LogP contribution in [0.4, 0.5) is 0 Å². The molecule has 4 heteroatoms. The van der Waals surface area contributed by atoms with Crippen LogP contribution < -0.4 is 5.73 Å². The zero-order chi connectivity index (χ0) is 12.9. The van der Waals surface area contributed by atoms with Gasteiger partial charge in [0, 0.05) is 12.6 Å². The first kappa shape index (κ1) is 14.5. The molecule has 1 aliphatic rings. The number of nitrogens with zero attached hydrogens (tertiary/aromatic N) is 1. The molecule has 0 radical (unpaired) electrons. The van der Waals surface area contributed by atoms with E-state index < -0.39 is 5.54 Å². The van der Waals surface area contributed by atoms with Gasteiger partial charge in [0.1, 0.15) is 5.54 Å². The first-order chi connectivity index (χ1) is 8.01. The van der Waals surface area contributed by atoms with E-state index in [0.29, 0.717) is 19.2 Å². The fourth-order valence-corrected chi connectivity index (χ4v) is 2.55. The van der Waals surface area contributed by atoms with Crippen LogP contribution in [0.5, 0.6) is 0 Å². The van der Waals surface area contributed by atoms with Gasteiger partial charge in [0.25, 0.3) is 0 Å². The lowest BCUT2D eigenvalue weighted by Crippen LogP contribution is -2.56. The number of carbonyl (C=O) groups is 1. The molecule has 1 rings (SSSR count). The highest BCUT2D eigenvalue weighted by Crippen LogP contribution is 2.24. The summed E-state index contributed by atoms with van der Waals surface area (Å²) < 4.78 is 5.02. The lowest BCUT2D eigenvalue weighted by molar-refractivity contribution is -0.149. The van der Waals surface area contributed by atoms with Crippen molar-refractivity contribution >= 4 is 5.97 Å². The molecule has 1 atom stereocenters. The number of nitrogens with two attached hydrogens (primary N) is 1. The summed E-state index contributed by atoms with van der Waals surface area (Å²) in [5, 5.41) is 0. The summed E-state index contributed by atoms with van der Waals surface area (Å²) in [6.07, 6.45) is 5.04. The number of hydrogen-bond acceptors (Lipinski definition) is 4. The molecule has 2 N–H and O–H groups in total. The quantitative estimate of drug-likeness (QED) is 0.718. The molecule has 1 fully saturated rings. The number of likely N-dealkylation sites (N-methyl/N-ethyl adjacent to an activating group) is 1. The van der Waals surface area contributed by atoms with Gasteiger partial charge in [-0.15, -0.1) is 0 Å². The van der Waals surface area contributed by atoms with Crippen LogP contribution in [0.3, 0.4) is 0 Å². The zero-order valence-electron chi connectivity index (χ0n) is 11.4. The Hall–Kier alpha value is -0.610. The predicted octanol–water partition coefficient (Wildman–Crippen LogP) is 1.53. The lowest BCUT2D eigenvalue weighted by Gasteiger charge is -2.34. The number of esters is 1. The second-order valence-corrected chi connectivity index (χ2v) is 5.14. The fourth-order valence-electron chi connectivity index (χ4n) is 2.55. The summed E-state index contributed by atoms with van der Waals surface area (Å²) in [6, 6.07) is 0.595. The Morgan fingerprint density at radius 1 is 1.41 bits per heavy atom. The molecule has 100 valence electrons. The van der Waals surface area contributed by atoms with E-state index >= 15 is 0 Å². The van der Waals surface area contributed by atoms with Gasteiger partial charge < -0.3 is 10.5 Å². The molecular formula is C13H26N2O2. The van der Waals surface area contributed by atoms with Crippen molar-refractivity contribution in [1.82, 2.24) is 4.90 Å². The minimum atomic E-state index is -0.894. The van der Waals surface area contributed by atoms with E-state index in [-0.39, 0.29) is 5.97 Å². The summed E-state index contributed by atoms with van der Waals surface area (Å²) in [7, 11) is 0. The third-order valence-corrected chi connectivity index (χ3v) is 3.52. The normalized spacial score (nSPS) is 20.5. The molecule has 0 aromatic rings. The molecule has 1 unspecified atom stereocenters. The molecule has 0 heterocycles. The second-order valence-electron chi connectivity index (χ2n) is 5.14. The molecule has 0 aliphatic heterocycles. The Bertz CT molecular complexity index is 248. The van der Waals surface area contributed by atoms with Crippen molar-refractivity contribution in [3.8, 4) is 0 Å². The summed E-state index contributed by atoms with van der Waals surface area (Å²) in [5.74, 6) is -0.295. The molecule has 0 amide bonds. The largest absolute Gasteiger partial charge is 0.465 e. The van der Waals surface area contributed by atoms with Crippen molar-refractivity contribution in [3.05, 3.63) is 0 Å². The van der Waals surface area contributed by atoms with Crippen LogP contribution in [0.2, 0.25) is 0 Å². The van der Waals surface area contributed by atoms with Crippen molar-refractivity contribution in [2.24, 2.45) is 5.73 Å². The van der Waals surface area contributed by atoms with E-state index in [9.17, 15) is 4.79 Å². The van der Waals surface area contributed by atoms with E-state index in [4.69, 9.17) is 10.5 Å². The van der Waals surface area contributed by atoms with E-state index in [0.717, 1.165) is 6.54 Å². The van der Waals surface area contributed by atoms with E-state index in [1.165, 1.54) is 25.7 Å². The van der Waals surface area contributed by atoms with Crippen molar-refractivity contribution in [2.75, 3.05) is 19.7 Å². The van der Waals surface area contributed by atoms with Crippen LogP contribution in [-0.4, -0.2) is 42.1 Å². The third-order valence-electron chi connectivity index (χ3n) is 3.52. The summed E-state index contributed by atoms with van der Waals surface area (Å²) in [5.41, 5.74) is 5.18. The first-order valence-corrected chi connectivity index (χ1v) is 6.71. The molecule has 17 heavy (non-hydrogen) atoms. The topological polar surface area (TPSA) is 55.6 Å². The van der Waals surface area contributed by atoms with Crippen LogP contribution >= 0.6 is 0 Å². The van der Waals surface area contributed by atoms with Gasteiger partial charge in [-0.1, -0.05) is 19.8 Å². The molecule has 1 aliphatic carbocycles. The Labute approximate surface area is 104 Å². The summed E-state index contributed by atoms with van der Waals surface area (Å²) in [4.78, 5) is 14.1. The van der Waals surface area contributed by atoms with E-state index in [1.54, 1.807) is 6.92 Å². The van der Waals surface area contributed by atoms with Gasteiger partial charge >= 0.3 is 5.97 Å². The van der Waals surface area contributed by atoms with Crippen LogP contribution in [0.1, 0.15) is 46.5 Å². The Kier molecular flexibility index (Phi) is 5.40. The first-order valence-electron chi connectivity index (χ1n) is 6.71. The van der Waals surface area contributed by atoms with Crippen molar-refractivity contribution in [3.63, 3.8) is 0 Å². The van der Waals surface area contributed by atoms with Gasteiger partial charge in [-0.25, -0.2) is 0 Å². The standard InChI is InChI=1S/C13H26N2O2/c1-4-15(11-8-6-7-9-11)10-13(3,14)12(16)17-5-2/h11H,4-10,14H2,1-3H3. The van der Waals surface area contributed by atoms with Gasteiger partial charge in [0.05, 0.1) is 6.61 Å². The predicted molar refractivity (Wildman–Crippen MR) is 68.7 cm³/mol. The third kappa shape index (κ3) is 3.96. The maximum absolute atomic E-state index is 11.8. The van der Waals surface area contributed by atoms with E-state index in [1.807, 2.05) is 6.92 Å². The van der Waals surface area contributed by atoms with Gasteiger partial charge in [-0.3, -0.25) is 9.69 Å². The average Bonchev–Trinajstić information content (AvgIpc) is 2.79. The SMILES string of the molecule is CCOC(=O)C(C)(N)CN(CC)C1CCCC1. The minimum Gasteiger partial charge on any atom is -0.465 e. The molecule has 0 aromatic heterocycles. The van der Waals surface area contributed by atoms with E-state index in [2.05, 4.69) is 11.8 Å². The summed E-state index contributed by atoms with van der Waals surface area (Å²) >= 11 is 0. The minimum absolute atomic E-state index is 0.295. The average molecular weight is 242 g/mol. The monoisotopic (exact) mass is 242 g/mol. The highest BCUT2D eigenvalue weighted by atomic mass is 16.5. The fraction of sp³-hybridized carbons (Fsp3) is 0.923. The maximum Gasteiger partial charge on any atom is 0.327 e. The van der Waals surface area contributed by atoms with Crippen molar-refractivity contribution in [1.29, 1.82) is 0 Å². The number of ether oxygens (including phenoxy) is 1. The number of carbonyl (C=O) groups excluding carboxylic acids is 1. The zero-order valence-corrected chi connectivity index (χ0v) is 11.4. The Morgan fingerprint density at radius 2 is 2.00 bits per heavy atom. The Balaban J connectivity index is 2.56. The second kappa shape index (κ2) is 6.36. The van der Waals surface area contributed by atoms with Gasteiger partial charge in [-0.2, -0.15) is 0 Å². The molecular weight excluding hydrogens is 216 g/mol. The summed E-state index contributed by atoms with van der Waals surface area (Å²) in [6.45, 7) is 7.62. The smallest absolute Gasteiger partial charge is 0.327 e. The lowest BCUT2D eigenvalue weighted by atomic mass is 10.0. The number of rotatable bonds is 6. The Morgan fingerprint density at radius 3 is 2.47 bits per heavy atom. The molecule has 0 bridgehead atoms. The van der Waals surface area contributed by atoms with Gasteiger partial charge in [-0.05, 0) is 33.2 Å². The highest BCUT2D eigenvalue weighted by Gasteiger charge is 2.34. The van der Waals surface area contributed by atoms with Crippen LogP contribution in [-0.2, 0) is 9.53 Å². The molecule has 0 aromatic carbocycles. The van der Waals surface area contributed by atoms with Gasteiger partial charge in [0.2, 0.25) is 0 Å². The van der Waals surface area contributed by atoms with Crippen LogP contribution in [0.25, 0.3) is 0 Å². The van der Waals surface area contributed by atoms with Crippen LogP contribution in [0, 0.1) is 0 Å². The molecule has 0 spiro atoms. The van der Waals surface area contributed by atoms with Crippen molar-refractivity contribution in [2.45, 2.75) is 58.0 Å². The highest BCUT2D eigenvalue weighted by molar-refractivity contribution is 5.80. The molecule has 1 saturated carbocycles. The molecule has 4 nitrogen and oxygen atoms in total.